The number of nitrogens with one attached hydrogen (secondary N) is 2. The summed E-state index contributed by atoms with van der Waals surface area (Å²) in [6.45, 7) is 1.05. The zero-order chi connectivity index (χ0) is 17.4. The molecule has 2 aliphatic heterocycles. The number of amides is 2. The van der Waals surface area contributed by atoms with Crippen molar-refractivity contribution in [3.63, 3.8) is 0 Å². The van der Waals surface area contributed by atoms with E-state index in [0.29, 0.717) is 24.9 Å². The Morgan fingerprint density at radius 2 is 1.88 bits per heavy atom. The maximum atomic E-state index is 12.3. The van der Waals surface area contributed by atoms with E-state index < -0.39 is 0 Å². The summed E-state index contributed by atoms with van der Waals surface area (Å²) >= 11 is 0. The molecular formula is C20H27N3O2. The van der Waals surface area contributed by atoms with Gasteiger partial charge < -0.3 is 10.2 Å². The van der Waals surface area contributed by atoms with Crippen molar-refractivity contribution in [1.82, 2.24) is 10.6 Å². The Labute approximate surface area is 149 Å². The molecule has 2 fully saturated rings. The van der Waals surface area contributed by atoms with E-state index in [-0.39, 0.29) is 17.7 Å². The number of carbonyl (C=O) groups is 2. The van der Waals surface area contributed by atoms with Crippen LogP contribution in [0.2, 0.25) is 0 Å². The zero-order valence-electron chi connectivity index (χ0n) is 14.9. The van der Waals surface area contributed by atoms with Gasteiger partial charge in [0.25, 0.3) is 0 Å². The van der Waals surface area contributed by atoms with Crippen molar-refractivity contribution in [2.24, 2.45) is 0 Å². The lowest BCUT2D eigenvalue weighted by Gasteiger charge is -2.36. The predicted octanol–water partition coefficient (Wildman–Crippen LogP) is 2.10. The minimum atomic E-state index is -0.173. The molecule has 0 bridgehead atoms. The first-order valence-corrected chi connectivity index (χ1v) is 9.56. The van der Waals surface area contributed by atoms with Crippen LogP contribution < -0.4 is 15.5 Å². The molecule has 134 valence electrons. The fourth-order valence-electron chi connectivity index (χ4n) is 4.86. The van der Waals surface area contributed by atoms with Crippen LogP contribution in [0.25, 0.3) is 0 Å². The van der Waals surface area contributed by atoms with Gasteiger partial charge in [0.2, 0.25) is 11.8 Å². The van der Waals surface area contributed by atoms with Crippen LogP contribution in [0.4, 0.5) is 5.69 Å². The molecule has 0 spiro atoms. The van der Waals surface area contributed by atoms with Crippen LogP contribution in [-0.4, -0.2) is 37.5 Å². The Balaban J connectivity index is 1.56. The molecule has 4 rings (SSSR count). The van der Waals surface area contributed by atoms with Gasteiger partial charge in [0, 0.05) is 30.7 Å². The first kappa shape index (κ1) is 16.6. The highest BCUT2D eigenvalue weighted by atomic mass is 16.2. The topological polar surface area (TPSA) is 61.4 Å². The molecule has 1 aromatic carbocycles. The van der Waals surface area contributed by atoms with Crippen LogP contribution in [0.15, 0.2) is 18.2 Å². The molecule has 0 aromatic heterocycles. The van der Waals surface area contributed by atoms with E-state index in [1.165, 1.54) is 36.9 Å². The molecule has 3 aliphatic rings. The number of nitrogens with zero attached hydrogens (tertiary/aromatic N) is 1. The highest BCUT2D eigenvalue weighted by Crippen LogP contribution is 2.39. The fraction of sp³-hybridized carbons (Fsp3) is 0.600. The molecular weight excluding hydrogens is 314 g/mol. The molecule has 2 amide bonds. The van der Waals surface area contributed by atoms with Crippen molar-refractivity contribution in [3.05, 3.63) is 29.3 Å². The smallest absolute Gasteiger partial charge is 0.234 e. The van der Waals surface area contributed by atoms with E-state index in [0.717, 1.165) is 18.5 Å². The number of benzene rings is 1. The summed E-state index contributed by atoms with van der Waals surface area (Å²) in [4.78, 5) is 26.3. The number of imide groups is 1. The Morgan fingerprint density at radius 3 is 2.60 bits per heavy atom. The van der Waals surface area contributed by atoms with Gasteiger partial charge in [0.15, 0.2) is 0 Å². The maximum Gasteiger partial charge on any atom is 0.234 e. The quantitative estimate of drug-likeness (QED) is 0.827. The van der Waals surface area contributed by atoms with Crippen LogP contribution >= 0.6 is 0 Å². The predicted molar refractivity (Wildman–Crippen MR) is 97.7 cm³/mol. The van der Waals surface area contributed by atoms with Crippen molar-refractivity contribution >= 4 is 17.5 Å². The van der Waals surface area contributed by atoms with Crippen LogP contribution in [0, 0.1) is 0 Å². The molecule has 0 radical (unpaired) electrons. The van der Waals surface area contributed by atoms with Gasteiger partial charge in [-0.05, 0) is 62.8 Å². The number of piperidine rings is 1. The molecule has 25 heavy (non-hydrogen) atoms. The third kappa shape index (κ3) is 3.06. The lowest BCUT2D eigenvalue weighted by molar-refractivity contribution is -0.134. The summed E-state index contributed by atoms with van der Waals surface area (Å²) < 4.78 is 0. The van der Waals surface area contributed by atoms with Crippen molar-refractivity contribution in [2.75, 3.05) is 18.5 Å². The summed E-state index contributed by atoms with van der Waals surface area (Å²) in [5, 5.41) is 5.91. The molecule has 1 saturated carbocycles. The molecule has 5 nitrogen and oxygen atoms in total. The first-order chi connectivity index (χ1) is 12.2. The molecule has 2 heterocycles. The van der Waals surface area contributed by atoms with E-state index in [1.54, 1.807) is 0 Å². The van der Waals surface area contributed by atoms with E-state index in [9.17, 15) is 9.59 Å². The molecule has 5 heteroatoms. The van der Waals surface area contributed by atoms with Crippen LogP contribution in [0.3, 0.4) is 0 Å². The zero-order valence-corrected chi connectivity index (χ0v) is 14.9. The SMILES string of the molecule is CNC1CCC(N2CCc3c([C@H]4CCC(=O)NC4=O)cccc32)CC1. The summed E-state index contributed by atoms with van der Waals surface area (Å²) in [6.07, 6.45) is 7.02. The largest absolute Gasteiger partial charge is 0.368 e. The number of fused-ring (bicyclic) bond motifs is 1. The Morgan fingerprint density at radius 1 is 1.08 bits per heavy atom. The average molecular weight is 341 g/mol. The number of rotatable bonds is 3. The summed E-state index contributed by atoms with van der Waals surface area (Å²) in [5.41, 5.74) is 3.77. The lowest BCUT2D eigenvalue weighted by Crippen LogP contribution is -2.41. The van der Waals surface area contributed by atoms with Crippen molar-refractivity contribution in [3.8, 4) is 0 Å². The molecule has 1 aliphatic carbocycles. The van der Waals surface area contributed by atoms with Crippen molar-refractivity contribution < 1.29 is 9.59 Å². The fourth-order valence-corrected chi connectivity index (χ4v) is 4.86. The van der Waals surface area contributed by atoms with Gasteiger partial charge in [-0.2, -0.15) is 0 Å². The molecule has 1 atom stereocenters. The van der Waals surface area contributed by atoms with Gasteiger partial charge in [0.05, 0.1) is 5.92 Å². The van der Waals surface area contributed by atoms with Crippen LogP contribution in [-0.2, 0) is 16.0 Å². The monoisotopic (exact) mass is 341 g/mol. The number of hydrogen-bond acceptors (Lipinski definition) is 4. The molecule has 1 aromatic rings. The van der Waals surface area contributed by atoms with Gasteiger partial charge in [0.1, 0.15) is 0 Å². The average Bonchev–Trinajstić information content (AvgIpc) is 3.06. The maximum absolute atomic E-state index is 12.3. The third-order valence-electron chi connectivity index (χ3n) is 6.26. The minimum Gasteiger partial charge on any atom is -0.368 e. The van der Waals surface area contributed by atoms with Gasteiger partial charge in [-0.25, -0.2) is 0 Å². The standard InChI is InChI=1S/C20H27N3O2/c1-21-13-5-7-14(8-6-13)23-12-11-16-15(3-2-4-18(16)23)17-9-10-19(24)22-20(17)25/h2-4,13-14,17,21H,5-12H2,1H3,(H,22,24,25)/t13?,14?,17-/m1/s1. The highest BCUT2D eigenvalue weighted by Gasteiger charge is 2.34. The Kier molecular flexibility index (Phi) is 4.50. The van der Waals surface area contributed by atoms with Crippen LogP contribution in [0.1, 0.15) is 55.6 Å². The summed E-state index contributed by atoms with van der Waals surface area (Å²) in [6, 6.07) is 7.65. The number of carbonyl (C=O) groups excluding carboxylic acids is 2. The van der Waals surface area contributed by atoms with Gasteiger partial charge in [-0.15, -0.1) is 0 Å². The normalized spacial score (nSPS) is 29.5. The number of hydrogen-bond donors (Lipinski definition) is 2. The number of anilines is 1. The Bertz CT molecular complexity index is 680. The van der Waals surface area contributed by atoms with Gasteiger partial charge in [-0.1, -0.05) is 12.1 Å². The van der Waals surface area contributed by atoms with Crippen LogP contribution in [0.5, 0.6) is 0 Å². The van der Waals surface area contributed by atoms with E-state index in [2.05, 4.69) is 40.8 Å². The summed E-state index contributed by atoms with van der Waals surface area (Å²) in [7, 11) is 2.06. The van der Waals surface area contributed by atoms with E-state index in [1.807, 2.05) is 0 Å². The third-order valence-corrected chi connectivity index (χ3v) is 6.26. The molecule has 2 N–H and O–H groups in total. The second kappa shape index (κ2) is 6.79. The first-order valence-electron chi connectivity index (χ1n) is 9.56. The van der Waals surface area contributed by atoms with Crippen molar-refractivity contribution in [1.29, 1.82) is 0 Å². The lowest BCUT2D eigenvalue weighted by atomic mass is 9.86. The second-order valence-electron chi connectivity index (χ2n) is 7.59. The highest BCUT2D eigenvalue weighted by molar-refractivity contribution is 6.01. The van der Waals surface area contributed by atoms with E-state index >= 15 is 0 Å². The minimum absolute atomic E-state index is 0.127. The van der Waals surface area contributed by atoms with E-state index in [4.69, 9.17) is 0 Å². The molecule has 1 saturated heterocycles. The Hall–Kier alpha value is -1.88. The summed E-state index contributed by atoms with van der Waals surface area (Å²) in [5.74, 6) is -0.443. The molecule has 0 unspecified atom stereocenters. The van der Waals surface area contributed by atoms with Gasteiger partial charge in [-0.3, -0.25) is 14.9 Å². The second-order valence-corrected chi connectivity index (χ2v) is 7.59. The van der Waals surface area contributed by atoms with Crippen molar-refractivity contribution in [2.45, 2.75) is 62.9 Å². The van der Waals surface area contributed by atoms with Gasteiger partial charge >= 0.3 is 0 Å².